The number of ether oxygens (including phenoxy) is 2. The van der Waals surface area contributed by atoms with Crippen LogP contribution in [0, 0.1) is 5.82 Å². The van der Waals surface area contributed by atoms with Gasteiger partial charge in [0.1, 0.15) is 5.75 Å². The van der Waals surface area contributed by atoms with Crippen LogP contribution in [0.25, 0.3) is 0 Å². The zero-order valence-electron chi connectivity index (χ0n) is 9.21. The third kappa shape index (κ3) is 2.83. The largest absolute Gasteiger partial charge is 0.496 e. The minimum atomic E-state index is -0.428. The van der Waals surface area contributed by atoms with Crippen molar-refractivity contribution < 1.29 is 13.9 Å². The Balaban J connectivity index is 3.10. The molecule has 0 fully saturated rings. The lowest BCUT2D eigenvalue weighted by Crippen LogP contribution is -2.18. The summed E-state index contributed by atoms with van der Waals surface area (Å²) in [5, 5.41) is 0. The lowest BCUT2D eigenvalue weighted by Gasteiger charge is -2.12. The van der Waals surface area contributed by atoms with Crippen LogP contribution in [0.5, 0.6) is 11.5 Å². The summed E-state index contributed by atoms with van der Waals surface area (Å²) in [6.07, 6.45) is 0.625. The lowest BCUT2D eigenvalue weighted by atomic mass is 10.1. The molecule has 1 rings (SSSR count). The van der Waals surface area contributed by atoms with Gasteiger partial charge in [-0.05, 0) is 25.0 Å². The van der Waals surface area contributed by atoms with Gasteiger partial charge in [-0.15, -0.1) is 0 Å². The van der Waals surface area contributed by atoms with Crippen LogP contribution < -0.4 is 15.2 Å². The Morgan fingerprint density at radius 3 is 2.33 bits per heavy atom. The van der Waals surface area contributed by atoms with E-state index in [1.807, 2.05) is 6.92 Å². The van der Waals surface area contributed by atoms with Crippen molar-refractivity contribution in [3.05, 3.63) is 23.5 Å². The van der Waals surface area contributed by atoms with E-state index in [1.54, 1.807) is 6.07 Å². The molecule has 0 heterocycles. The highest BCUT2D eigenvalue weighted by molar-refractivity contribution is 5.41. The fraction of sp³-hybridized carbons (Fsp3) is 0.455. The molecule has 15 heavy (non-hydrogen) atoms. The zero-order valence-corrected chi connectivity index (χ0v) is 9.21. The first-order valence-electron chi connectivity index (χ1n) is 4.74. The van der Waals surface area contributed by atoms with Crippen molar-refractivity contribution in [2.75, 3.05) is 14.2 Å². The fourth-order valence-corrected chi connectivity index (χ4v) is 1.43. The Hall–Kier alpha value is -1.29. The van der Waals surface area contributed by atoms with E-state index in [0.717, 1.165) is 5.56 Å². The summed E-state index contributed by atoms with van der Waals surface area (Å²) in [6.45, 7) is 1.88. The molecule has 0 bridgehead atoms. The molecule has 2 N–H and O–H groups in total. The molecule has 0 aliphatic rings. The van der Waals surface area contributed by atoms with Gasteiger partial charge in [0, 0.05) is 12.1 Å². The molecule has 0 saturated heterocycles. The van der Waals surface area contributed by atoms with Crippen LogP contribution in [-0.2, 0) is 6.42 Å². The highest BCUT2D eigenvalue weighted by atomic mass is 19.1. The first-order valence-corrected chi connectivity index (χ1v) is 4.74. The second-order valence-electron chi connectivity index (χ2n) is 3.48. The molecule has 4 heteroatoms. The van der Waals surface area contributed by atoms with Gasteiger partial charge in [0.25, 0.3) is 0 Å². The Bertz CT molecular complexity index is 340. The number of halogens is 1. The molecular formula is C11H16FNO2. The standard InChI is InChI=1S/C11H16FNO2/c1-7(13)4-8-5-11(15-3)9(12)6-10(8)14-2/h5-7H,4,13H2,1-3H3/i5+1. The van der Waals surface area contributed by atoms with E-state index in [9.17, 15) is 4.39 Å². The van der Waals surface area contributed by atoms with Crippen LogP contribution in [0.4, 0.5) is 4.39 Å². The third-order valence-electron chi connectivity index (χ3n) is 2.10. The highest BCUT2D eigenvalue weighted by Gasteiger charge is 2.11. The maximum absolute atomic E-state index is 13.3. The Labute approximate surface area is 89.0 Å². The van der Waals surface area contributed by atoms with E-state index in [-0.39, 0.29) is 11.8 Å². The lowest BCUT2D eigenvalue weighted by molar-refractivity contribution is 0.373. The van der Waals surface area contributed by atoms with Gasteiger partial charge in [0.2, 0.25) is 0 Å². The molecule has 3 nitrogen and oxygen atoms in total. The van der Waals surface area contributed by atoms with Gasteiger partial charge in [-0.1, -0.05) is 0 Å². The first-order chi connectivity index (χ1) is 7.08. The molecule has 1 unspecified atom stereocenters. The Morgan fingerprint density at radius 2 is 1.87 bits per heavy atom. The van der Waals surface area contributed by atoms with Crippen molar-refractivity contribution in [3.8, 4) is 11.5 Å². The monoisotopic (exact) mass is 214 g/mol. The second kappa shape index (κ2) is 4.98. The van der Waals surface area contributed by atoms with E-state index >= 15 is 0 Å². The summed E-state index contributed by atoms with van der Waals surface area (Å²) in [7, 11) is 2.94. The van der Waals surface area contributed by atoms with E-state index in [0.29, 0.717) is 12.2 Å². The Kier molecular flexibility index (Phi) is 3.91. The number of nitrogens with two attached hydrogens (primary N) is 1. The Morgan fingerprint density at radius 1 is 1.27 bits per heavy atom. The van der Waals surface area contributed by atoms with Crippen molar-refractivity contribution >= 4 is 0 Å². The average molecular weight is 214 g/mol. The van der Waals surface area contributed by atoms with Gasteiger partial charge in [-0.2, -0.15) is 0 Å². The molecule has 1 aromatic carbocycles. The molecule has 1 aromatic rings. The summed E-state index contributed by atoms with van der Waals surface area (Å²) in [4.78, 5) is 0. The molecule has 1 atom stereocenters. The molecule has 0 aliphatic carbocycles. The van der Waals surface area contributed by atoms with Crippen molar-refractivity contribution in [2.45, 2.75) is 19.4 Å². The number of benzene rings is 1. The van der Waals surface area contributed by atoms with Gasteiger partial charge in [0.05, 0.1) is 14.2 Å². The van der Waals surface area contributed by atoms with E-state index in [1.165, 1.54) is 20.3 Å². The summed E-state index contributed by atoms with van der Waals surface area (Å²) in [5.41, 5.74) is 6.54. The molecule has 84 valence electrons. The predicted octanol–water partition coefficient (Wildman–Crippen LogP) is 1.73. The third-order valence-corrected chi connectivity index (χ3v) is 2.10. The van der Waals surface area contributed by atoms with Gasteiger partial charge in [-0.3, -0.25) is 0 Å². The number of hydrogen-bond donors (Lipinski definition) is 1. The van der Waals surface area contributed by atoms with Crippen molar-refractivity contribution in [1.82, 2.24) is 0 Å². The van der Waals surface area contributed by atoms with Crippen LogP contribution >= 0.6 is 0 Å². The minimum Gasteiger partial charge on any atom is -0.496 e. The molecular weight excluding hydrogens is 198 g/mol. The number of methoxy groups -OCH3 is 2. The minimum absolute atomic E-state index is 0.00549. The van der Waals surface area contributed by atoms with Crippen LogP contribution in [-0.4, -0.2) is 20.3 Å². The predicted molar refractivity (Wildman–Crippen MR) is 56.9 cm³/mol. The fourth-order valence-electron chi connectivity index (χ4n) is 1.43. The normalized spacial score (nSPS) is 12.3. The van der Waals surface area contributed by atoms with Crippen molar-refractivity contribution in [1.29, 1.82) is 0 Å². The molecule has 0 saturated carbocycles. The summed E-state index contributed by atoms with van der Waals surface area (Å²) in [6, 6.07) is 2.93. The number of hydrogen-bond acceptors (Lipinski definition) is 3. The van der Waals surface area contributed by atoms with Gasteiger partial charge >= 0.3 is 0 Å². The van der Waals surface area contributed by atoms with Crippen LogP contribution in [0.2, 0.25) is 0 Å². The summed E-state index contributed by atoms with van der Waals surface area (Å²) >= 11 is 0. The van der Waals surface area contributed by atoms with E-state index in [2.05, 4.69) is 0 Å². The second-order valence-corrected chi connectivity index (χ2v) is 3.48. The smallest absolute Gasteiger partial charge is 0.168 e. The molecule has 0 spiro atoms. The molecule has 0 amide bonds. The highest BCUT2D eigenvalue weighted by Crippen LogP contribution is 2.28. The van der Waals surface area contributed by atoms with Gasteiger partial charge < -0.3 is 15.2 Å². The first kappa shape index (κ1) is 11.8. The van der Waals surface area contributed by atoms with Crippen LogP contribution in [0.3, 0.4) is 0 Å². The van der Waals surface area contributed by atoms with Crippen LogP contribution in [0.15, 0.2) is 12.1 Å². The van der Waals surface area contributed by atoms with E-state index < -0.39 is 5.82 Å². The van der Waals surface area contributed by atoms with Crippen LogP contribution in [0.1, 0.15) is 12.5 Å². The topological polar surface area (TPSA) is 44.5 Å². The molecule has 0 radical (unpaired) electrons. The van der Waals surface area contributed by atoms with Crippen molar-refractivity contribution in [2.24, 2.45) is 5.73 Å². The maximum atomic E-state index is 13.3. The quantitative estimate of drug-likeness (QED) is 0.830. The molecule has 0 aliphatic heterocycles. The van der Waals surface area contributed by atoms with E-state index in [4.69, 9.17) is 15.2 Å². The maximum Gasteiger partial charge on any atom is 0.168 e. The summed E-state index contributed by atoms with van der Waals surface area (Å²) in [5.74, 6) is 0.292. The van der Waals surface area contributed by atoms with Crippen molar-refractivity contribution in [3.63, 3.8) is 0 Å². The summed E-state index contributed by atoms with van der Waals surface area (Å²) < 4.78 is 23.3. The van der Waals surface area contributed by atoms with Gasteiger partial charge in [0.15, 0.2) is 11.6 Å². The van der Waals surface area contributed by atoms with Gasteiger partial charge in [-0.25, -0.2) is 4.39 Å². The SMILES string of the molecule is COc1cc(F)c(OC)[13cH]c1CC(C)N. The number of rotatable bonds is 4. The average Bonchev–Trinajstić information content (AvgIpc) is 2.19. The zero-order chi connectivity index (χ0) is 11.4. The molecule has 0 aromatic heterocycles.